The van der Waals surface area contributed by atoms with Gasteiger partial charge in [-0.2, -0.15) is 0 Å². The number of fused-ring (bicyclic) bond motifs is 2. The van der Waals surface area contributed by atoms with Crippen LogP contribution >= 0.6 is 0 Å². The molecular formula is C62H164O14Si4. The average Bonchev–Trinajstić information content (AvgIpc) is 4.21. The molecule has 0 saturated carbocycles. The summed E-state index contributed by atoms with van der Waals surface area (Å²) < 4.78 is 65.5. The fourth-order valence-corrected chi connectivity index (χ4v) is 21.0. The summed E-state index contributed by atoms with van der Waals surface area (Å²) >= 11 is 0. The zero-order chi connectivity index (χ0) is 65.2. The van der Waals surface area contributed by atoms with Crippen LogP contribution in [0.15, 0.2) is 0 Å². The van der Waals surface area contributed by atoms with Crippen molar-refractivity contribution >= 4 is 34.5 Å². The minimum Gasteiger partial charge on any atom is -0.398 e. The Labute approximate surface area is 513 Å². The zero-order valence-corrected chi connectivity index (χ0v) is 64.3. The minimum atomic E-state index is -3.03. The summed E-state index contributed by atoms with van der Waals surface area (Å²) in [4.78, 5) is 0. The van der Waals surface area contributed by atoms with Crippen LogP contribution in [-0.4, -0.2) is 151 Å². The lowest BCUT2D eigenvalue weighted by Crippen LogP contribution is -2.60. The number of hydrogen-bond acceptors (Lipinski definition) is 14. The van der Waals surface area contributed by atoms with E-state index < -0.39 is 52.8 Å². The van der Waals surface area contributed by atoms with Crippen LogP contribution < -0.4 is 0 Å². The Bertz CT molecular complexity index is 905. The molecule has 3 N–H and O–H groups in total. The first kappa shape index (κ1) is 122. The van der Waals surface area contributed by atoms with E-state index in [1.54, 1.807) is 14.2 Å². The van der Waals surface area contributed by atoms with Crippen molar-refractivity contribution in [1.82, 2.24) is 0 Å². The maximum Gasteiger partial charge on any atom is 0.486 e. The highest BCUT2D eigenvalue weighted by Crippen LogP contribution is 2.43. The standard InChI is InChI=1S/C16H30O8Si3.C6H14O3Si.C5H12O3.16C2H6.3CH4/c1-11-16-12(2)21-26(4,9-14-6-18-14)24-27(22-16,10-15-7-19-15)23-25(3,20-11)8-13-5-17-13;1-7-10(3,8-2)5-6-4-9-6;1-3(6)5(8)4(2)7;16*1-2;;;/h11-16H,5-10H2,1-4H3;6H,4-5H2,1-3H3;3-8H,1-2H3;16*1-2H3;3*1H4. The van der Waals surface area contributed by atoms with E-state index in [0.717, 1.165) is 44.6 Å². The van der Waals surface area contributed by atoms with Gasteiger partial charge in [-0.1, -0.05) is 244 Å². The van der Waals surface area contributed by atoms with E-state index in [-0.39, 0.29) is 58.9 Å². The molecule has 2 bridgehead atoms. The molecule has 80 heavy (non-hydrogen) atoms. The maximum atomic E-state index is 8.70. The molecule has 6 fully saturated rings. The molecule has 0 aliphatic carbocycles. The van der Waals surface area contributed by atoms with Gasteiger partial charge < -0.3 is 64.6 Å². The van der Waals surface area contributed by atoms with Crippen LogP contribution in [0, 0.1) is 0 Å². The number of aliphatic hydroxyl groups excluding tert-OH is 3. The van der Waals surface area contributed by atoms with Crippen LogP contribution in [0.2, 0.25) is 43.8 Å². The molecule has 14 nitrogen and oxygen atoms in total. The van der Waals surface area contributed by atoms with E-state index >= 15 is 0 Å². The van der Waals surface area contributed by atoms with Crippen molar-refractivity contribution in [1.29, 1.82) is 0 Å². The zero-order valence-electron chi connectivity index (χ0n) is 60.3. The fourth-order valence-electron chi connectivity index (χ4n) is 5.70. The average molecular weight is 1250 g/mol. The molecule has 0 spiro atoms. The van der Waals surface area contributed by atoms with Crippen LogP contribution in [0.1, 0.15) is 272 Å². The number of rotatable bonds is 12. The Hall–Kier alpha value is 0.308. The third kappa shape index (κ3) is 70.8. The van der Waals surface area contributed by atoms with Gasteiger partial charge in [-0.3, -0.25) is 0 Å². The molecule has 0 aromatic carbocycles. The van der Waals surface area contributed by atoms with Gasteiger partial charge in [-0.05, 0) is 47.3 Å². The minimum absolute atomic E-state index is 0. The predicted molar refractivity (Wildman–Crippen MR) is 372 cm³/mol. The Morgan fingerprint density at radius 1 is 0.412 bits per heavy atom. The largest absolute Gasteiger partial charge is 0.486 e. The summed E-state index contributed by atoms with van der Waals surface area (Å²) in [6.45, 7) is 80.5. The molecule has 6 heterocycles. The topological polar surface area (TPSA) is 175 Å². The summed E-state index contributed by atoms with van der Waals surface area (Å²) in [6, 6.07) is 3.27. The molecule has 10 unspecified atom stereocenters. The second-order valence-corrected chi connectivity index (χ2v) is 26.5. The normalized spacial score (nSPS) is 25.7. The second-order valence-electron chi connectivity index (χ2n) is 13.5. The van der Waals surface area contributed by atoms with E-state index in [9.17, 15) is 0 Å². The van der Waals surface area contributed by atoms with Gasteiger partial charge in [0.25, 0.3) is 0 Å². The summed E-state index contributed by atoms with van der Waals surface area (Å²) in [5, 5.41) is 25.9. The van der Waals surface area contributed by atoms with Crippen LogP contribution in [0.5, 0.6) is 0 Å². The molecule has 0 aromatic rings. The molecule has 6 saturated heterocycles. The van der Waals surface area contributed by atoms with Gasteiger partial charge in [0.1, 0.15) is 6.10 Å². The summed E-state index contributed by atoms with van der Waals surface area (Å²) in [5.74, 6) is 0. The molecule has 6 aliphatic heterocycles. The lowest BCUT2D eigenvalue weighted by atomic mass is 10.1. The Kier molecular flexibility index (Phi) is 138. The van der Waals surface area contributed by atoms with Gasteiger partial charge >= 0.3 is 34.5 Å². The lowest BCUT2D eigenvalue weighted by molar-refractivity contribution is -0.0438. The van der Waals surface area contributed by atoms with Crippen molar-refractivity contribution in [2.75, 3.05) is 40.6 Å². The van der Waals surface area contributed by atoms with Gasteiger partial charge in [-0.15, -0.1) is 0 Å². The molecular weight excluding hydrogens is 1080 g/mol. The molecule has 6 aliphatic rings. The van der Waals surface area contributed by atoms with Crippen LogP contribution in [0.3, 0.4) is 0 Å². The van der Waals surface area contributed by atoms with E-state index in [2.05, 4.69) is 33.5 Å². The molecule has 18 heteroatoms. The Balaban J connectivity index is -0.0000000471. The monoisotopic (exact) mass is 1250 g/mol. The van der Waals surface area contributed by atoms with Gasteiger partial charge in [0.15, 0.2) is 0 Å². The number of hydrogen-bond donors (Lipinski definition) is 3. The van der Waals surface area contributed by atoms with Crippen LogP contribution in [0.25, 0.3) is 0 Å². The first-order valence-electron chi connectivity index (χ1n) is 32.1. The highest BCUT2D eigenvalue weighted by Gasteiger charge is 2.64. The number of aliphatic hydroxyl groups is 3. The van der Waals surface area contributed by atoms with Gasteiger partial charge in [0, 0.05) is 38.4 Å². The summed E-state index contributed by atoms with van der Waals surface area (Å²) in [7, 11) is -6.48. The first-order valence-corrected chi connectivity index (χ1v) is 41.6. The van der Waals surface area contributed by atoms with Gasteiger partial charge in [-0.25, -0.2) is 0 Å². The van der Waals surface area contributed by atoms with Crippen molar-refractivity contribution in [2.45, 2.75) is 376 Å². The van der Waals surface area contributed by atoms with E-state index in [4.69, 9.17) is 64.6 Å². The van der Waals surface area contributed by atoms with E-state index in [1.807, 2.05) is 222 Å². The van der Waals surface area contributed by atoms with Crippen molar-refractivity contribution in [2.24, 2.45) is 0 Å². The van der Waals surface area contributed by atoms with Crippen LogP contribution in [0.4, 0.5) is 0 Å². The molecule has 6 rings (SSSR count). The lowest BCUT2D eigenvalue weighted by Gasteiger charge is -2.39. The van der Waals surface area contributed by atoms with Crippen molar-refractivity contribution in [3.8, 4) is 0 Å². The van der Waals surface area contributed by atoms with Gasteiger partial charge in [0.05, 0.1) is 81.4 Å². The predicted octanol–water partition coefficient (Wildman–Crippen LogP) is 19.7. The number of epoxide rings is 4. The fraction of sp³-hybridized carbons (Fsp3) is 1.00. The molecule has 0 aromatic heterocycles. The van der Waals surface area contributed by atoms with Crippen LogP contribution in [-0.2, 0) is 49.3 Å². The highest BCUT2D eigenvalue weighted by atomic mass is 28.5. The maximum absolute atomic E-state index is 8.70. The highest BCUT2D eigenvalue weighted by molar-refractivity contribution is 6.84. The quantitative estimate of drug-likeness (QED) is 0.124. The SMILES string of the molecule is C.C.C.CC.CC.CC.CC.CC.CC.CC.CC.CC.CC.CC.CC.CC.CC.CC.CC.CC(O)C(O)C(C)O.CC1O[Si](C)(CC2CO2)O[Si]2(CC3CO3)OC1C(C)O[Si](C)(CC1CO1)O2.CO[Si](C)(CC1CO1)OC. The van der Waals surface area contributed by atoms with Crippen molar-refractivity contribution in [3.63, 3.8) is 0 Å². The smallest absolute Gasteiger partial charge is 0.398 e. The Morgan fingerprint density at radius 2 is 0.625 bits per heavy atom. The van der Waals surface area contributed by atoms with Crippen molar-refractivity contribution in [3.05, 3.63) is 0 Å². The van der Waals surface area contributed by atoms with E-state index in [1.165, 1.54) is 13.8 Å². The summed E-state index contributed by atoms with van der Waals surface area (Å²) in [5.41, 5.74) is 0. The van der Waals surface area contributed by atoms with E-state index in [0.29, 0.717) is 12.1 Å². The van der Waals surface area contributed by atoms with Gasteiger partial charge in [0.2, 0.25) is 0 Å². The summed E-state index contributed by atoms with van der Waals surface area (Å²) in [6.07, 6.45) is -2.08. The third-order valence-corrected chi connectivity index (χ3v) is 23.2. The van der Waals surface area contributed by atoms with Crippen molar-refractivity contribution < 1.29 is 64.6 Å². The second kappa shape index (κ2) is 90.5. The Morgan fingerprint density at radius 3 is 0.800 bits per heavy atom. The molecule has 512 valence electrons. The molecule has 0 amide bonds. The first-order chi connectivity index (χ1) is 37.0. The molecule has 0 radical (unpaired) electrons. The molecule has 10 atom stereocenters. The number of ether oxygens (including phenoxy) is 4. The third-order valence-electron chi connectivity index (χ3n) is 8.59.